The van der Waals surface area contributed by atoms with Gasteiger partial charge >= 0.3 is 18.0 Å². The van der Waals surface area contributed by atoms with Crippen molar-refractivity contribution in [2.75, 3.05) is 19.7 Å². The second-order valence-electron chi connectivity index (χ2n) is 3.24. The van der Waals surface area contributed by atoms with Crippen molar-refractivity contribution in [1.82, 2.24) is 10.6 Å². The highest BCUT2D eigenvalue weighted by atomic mass is 16.5. The summed E-state index contributed by atoms with van der Waals surface area (Å²) in [7, 11) is 0. The fourth-order valence-corrected chi connectivity index (χ4v) is 0.777. The van der Waals surface area contributed by atoms with E-state index >= 15 is 0 Å². The highest BCUT2D eigenvalue weighted by Gasteiger charge is 2.04. The predicted octanol–water partition coefficient (Wildman–Crippen LogP) is -0.120. The van der Waals surface area contributed by atoms with Crippen molar-refractivity contribution in [2.24, 2.45) is 0 Å². The Morgan fingerprint density at radius 3 is 2.35 bits per heavy atom. The molecule has 0 radical (unpaired) electrons. The third-order valence-electron chi connectivity index (χ3n) is 1.59. The second kappa shape index (κ2) is 8.14. The van der Waals surface area contributed by atoms with E-state index in [0.29, 0.717) is 0 Å². The number of carbonyl (C=O) groups is 3. The Hall–Kier alpha value is -2.05. The zero-order valence-electron chi connectivity index (χ0n) is 9.62. The minimum atomic E-state index is -0.985. The highest BCUT2D eigenvalue weighted by molar-refractivity contribution is 5.86. The molecule has 0 unspecified atom stereocenters. The summed E-state index contributed by atoms with van der Waals surface area (Å²) >= 11 is 0. The molecule has 3 N–H and O–H groups in total. The zero-order chi connectivity index (χ0) is 13.3. The van der Waals surface area contributed by atoms with Gasteiger partial charge in [0.05, 0.1) is 13.0 Å². The van der Waals surface area contributed by atoms with Crippen LogP contribution in [0.4, 0.5) is 4.79 Å². The van der Waals surface area contributed by atoms with Crippen LogP contribution in [0.1, 0.15) is 13.3 Å². The number of carboxylic acid groups (broad SMARTS) is 1. The number of hydrogen-bond acceptors (Lipinski definition) is 4. The molecule has 0 fully saturated rings. The molecule has 2 amide bonds. The minimum absolute atomic E-state index is 0.0397. The molecular formula is C10H16N2O5. The Morgan fingerprint density at radius 2 is 1.82 bits per heavy atom. The lowest BCUT2D eigenvalue weighted by molar-refractivity contribution is -0.139. The fraction of sp³-hybridized carbons (Fsp3) is 0.500. The van der Waals surface area contributed by atoms with Gasteiger partial charge in [-0.3, -0.25) is 4.79 Å². The van der Waals surface area contributed by atoms with Crippen molar-refractivity contribution in [2.45, 2.75) is 13.3 Å². The molecule has 0 spiro atoms. The molecule has 0 rings (SSSR count). The van der Waals surface area contributed by atoms with Crippen molar-refractivity contribution in [3.8, 4) is 0 Å². The lowest BCUT2D eigenvalue weighted by Crippen LogP contribution is -2.38. The maximum absolute atomic E-state index is 11.0. The molecule has 7 nitrogen and oxygen atoms in total. The van der Waals surface area contributed by atoms with Crippen LogP contribution >= 0.6 is 0 Å². The van der Waals surface area contributed by atoms with Gasteiger partial charge in [0, 0.05) is 12.1 Å². The molecule has 0 bridgehead atoms. The van der Waals surface area contributed by atoms with E-state index in [-0.39, 0.29) is 31.7 Å². The number of hydrogen-bond donors (Lipinski definition) is 3. The van der Waals surface area contributed by atoms with E-state index in [4.69, 9.17) is 9.84 Å². The summed E-state index contributed by atoms with van der Waals surface area (Å²) in [5.74, 6) is -1.50. The molecule has 17 heavy (non-hydrogen) atoms. The fourth-order valence-electron chi connectivity index (χ4n) is 0.777. The van der Waals surface area contributed by atoms with Crippen LogP contribution in [0.25, 0.3) is 0 Å². The Balaban J connectivity index is 3.48. The number of rotatable bonds is 7. The van der Waals surface area contributed by atoms with Crippen LogP contribution in [0, 0.1) is 0 Å². The number of amides is 2. The summed E-state index contributed by atoms with van der Waals surface area (Å²) in [5, 5.41) is 13.1. The molecule has 0 heterocycles. The topological polar surface area (TPSA) is 105 Å². The molecule has 0 aliphatic carbocycles. The zero-order valence-corrected chi connectivity index (χ0v) is 9.62. The minimum Gasteiger partial charge on any atom is -0.481 e. The number of esters is 1. The number of ether oxygens (including phenoxy) is 1. The van der Waals surface area contributed by atoms with E-state index in [0.717, 1.165) is 0 Å². The van der Waals surface area contributed by atoms with Gasteiger partial charge in [0.25, 0.3) is 0 Å². The van der Waals surface area contributed by atoms with Gasteiger partial charge in [0.15, 0.2) is 0 Å². The average Bonchev–Trinajstić information content (AvgIpc) is 2.23. The molecule has 96 valence electrons. The highest BCUT2D eigenvalue weighted by Crippen LogP contribution is 1.90. The van der Waals surface area contributed by atoms with Crippen LogP contribution < -0.4 is 10.6 Å². The Labute approximate surface area is 98.8 Å². The molecule has 0 aromatic rings. The maximum Gasteiger partial charge on any atom is 0.333 e. The number of carboxylic acids is 1. The number of carbonyl (C=O) groups excluding carboxylic acids is 2. The van der Waals surface area contributed by atoms with Crippen LogP contribution in [0.15, 0.2) is 12.2 Å². The van der Waals surface area contributed by atoms with Crippen LogP contribution in [0.3, 0.4) is 0 Å². The first kappa shape index (κ1) is 14.9. The lowest BCUT2D eigenvalue weighted by Gasteiger charge is -2.07. The molecule has 0 aromatic heterocycles. The summed E-state index contributed by atoms with van der Waals surface area (Å²) in [6.07, 6.45) is -0.141. The number of urea groups is 1. The molecule has 0 aliphatic heterocycles. The van der Waals surface area contributed by atoms with Crippen molar-refractivity contribution < 1.29 is 24.2 Å². The van der Waals surface area contributed by atoms with Crippen molar-refractivity contribution >= 4 is 18.0 Å². The summed E-state index contributed by atoms with van der Waals surface area (Å²) in [6.45, 7) is 5.16. The van der Waals surface area contributed by atoms with E-state index in [9.17, 15) is 14.4 Å². The van der Waals surface area contributed by atoms with Gasteiger partial charge in [-0.05, 0) is 6.92 Å². The van der Waals surface area contributed by atoms with Crippen molar-refractivity contribution in [1.29, 1.82) is 0 Å². The van der Waals surface area contributed by atoms with Crippen LogP contribution in [0.5, 0.6) is 0 Å². The Kier molecular flexibility index (Phi) is 7.16. The lowest BCUT2D eigenvalue weighted by atomic mass is 10.4. The van der Waals surface area contributed by atoms with Gasteiger partial charge in [-0.25, -0.2) is 9.59 Å². The molecular weight excluding hydrogens is 228 g/mol. The molecule has 0 aliphatic rings. The van der Waals surface area contributed by atoms with Crippen molar-refractivity contribution in [3.05, 3.63) is 12.2 Å². The van der Waals surface area contributed by atoms with Crippen LogP contribution in [-0.4, -0.2) is 42.8 Å². The molecule has 0 aromatic carbocycles. The summed E-state index contributed by atoms with van der Waals surface area (Å²) in [6, 6.07) is -0.502. The monoisotopic (exact) mass is 244 g/mol. The van der Waals surface area contributed by atoms with Gasteiger partial charge in [0.1, 0.15) is 6.61 Å². The average molecular weight is 244 g/mol. The largest absolute Gasteiger partial charge is 0.481 e. The van der Waals surface area contributed by atoms with Gasteiger partial charge in [-0.2, -0.15) is 0 Å². The quantitative estimate of drug-likeness (QED) is 0.329. The number of nitrogens with one attached hydrogen (secondary N) is 2. The van der Waals surface area contributed by atoms with Gasteiger partial charge in [-0.15, -0.1) is 0 Å². The van der Waals surface area contributed by atoms with E-state index in [1.807, 2.05) is 0 Å². The van der Waals surface area contributed by atoms with E-state index in [2.05, 4.69) is 17.2 Å². The summed E-state index contributed by atoms with van der Waals surface area (Å²) in [4.78, 5) is 32.1. The smallest absolute Gasteiger partial charge is 0.333 e. The first-order valence-corrected chi connectivity index (χ1v) is 4.99. The van der Waals surface area contributed by atoms with Gasteiger partial charge < -0.3 is 20.5 Å². The Bertz CT molecular complexity index is 314. The third kappa shape index (κ3) is 8.91. The molecule has 7 heteroatoms. The summed E-state index contributed by atoms with van der Waals surface area (Å²) in [5.41, 5.74) is 0.288. The van der Waals surface area contributed by atoms with Crippen molar-refractivity contribution in [3.63, 3.8) is 0 Å². The Morgan fingerprint density at radius 1 is 1.24 bits per heavy atom. The normalized spacial score (nSPS) is 9.24. The second-order valence-corrected chi connectivity index (χ2v) is 3.24. The van der Waals surface area contributed by atoms with Gasteiger partial charge in [0.2, 0.25) is 0 Å². The maximum atomic E-state index is 11.0. The predicted molar refractivity (Wildman–Crippen MR) is 59.4 cm³/mol. The van der Waals surface area contributed by atoms with Crippen LogP contribution in [-0.2, 0) is 14.3 Å². The third-order valence-corrected chi connectivity index (χ3v) is 1.59. The molecule has 0 atom stereocenters. The van der Waals surface area contributed by atoms with E-state index < -0.39 is 18.0 Å². The van der Waals surface area contributed by atoms with Crippen LogP contribution in [0.2, 0.25) is 0 Å². The molecule has 0 saturated carbocycles. The SMILES string of the molecule is C=C(C)C(=O)OCCNC(=O)NCCC(=O)O. The van der Waals surface area contributed by atoms with Gasteiger partial charge in [-0.1, -0.05) is 6.58 Å². The standard InChI is InChI=1S/C10H16N2O5/c1-7(2)9(15)17-6-5-12-10(16)11-4-3-8(13)14/h1,3-6H2,2H3,(H,13,14)(H2,11,12,16). The molecule has 0 saturated heterocycles. The first-order valence-electron chi connectivity index (χ1n) is 4.99. The summed E-state index contributed by atoms with van der Waals surface area (Å²) < 4.78 is 4.72. The first-order chi connectivity index (χ1) is 7.93. The number of aliphatic carboxylic acids is 1. The van der Waals surface area contributed by atoms with E-state index in [1.165, 1.54) is 6.92 Å². The van der Waals surface area contributed by atoms with E-state index in [1.54, 1.807) is 0 Å².